The third-order valence-electron chi connectivity index (χ3n) is 4.01. The molecule has 0 spiro atoms. The van der Waals surface area contributed by atoms with Gasteiger partial charge in [-0.2, -0.15) is 0 Å². The van der Waals surface area contributed by atoms with E-state index in [-0.39, 0.29) is 18.3 Å². The Morgan fingerprint density at radius 2 is 2.23 bits per heavy atom. The summed E-state index contributed by atoms with van der Waals surface area (Å²) >= 11 is 11.9. The van der Waals surface area contributed by atoms with Crippen molar-refractivity contribution in [3.63, 3.8) is 0 Å². The highest BCUT2D eigenvalue weighted by molar-refractivity contribution is 6.53. The Morgan fingerprint density at radius 1 is 1.50 bits per heavy atom. The van der Waals surface area contributed by atoms with E-state index in [1.54, 1.807) is 36.0 Å². The summed E-state index contributed by atoms with van der Waals surface area (Å²) in [6.07, 6.45) is 5.18. The van der Waals surface area contributed by atoms with Gasteiger partial charge in [-0.25, -0.2) is 9.37 Å². The molecule has 116 valence electrons. The lowest BCUT2D eigenvalue weighted by molar-refractivity contribution is -0.125. The predicted octanol–water partition coefficient (Wildman–Crippen LogP) is 3.21. The van der Waals surface area contributed by atoms with Crippen molar-refractivity contribution in [2.24, 2.45) is 5.41 Å². The quantitative estimate of drug-likeness (QED) is 0.868. The zero-order chi connectivity index (χ0) is 16.0. The molecule has 3 rings (SSSR count). The van der Waals surface area contributed by atoms with Crippen LogP contribution in [0.3, 0.4) is 0 Å². The van der Waals surface area contributed by atoms with Gasteiger partial charge in [-0.05, 0) is 31.0 Å². The molecule has 1 aliphatic carbocycles. The third-order valence-corrected chi connectivity index (χ3v) is 5.11. The summed E-state index contributed by atoms with van der Waals surface area (Å²) in [7, 11) is 0. The molecule has 1 amide bonds. The van der Waals surface area contributed by atoms with E-state index in [0.29, 0.717) is 17.7 Å². The number of hydrogen-bond acceptors (Lipinski definition) is 2. The topological polar surface area (TPSA) is 46.9 Å². The number of rotatable bonds is 4. The third kappa shape index (κ3) is 2.59. The van der Waals surface area contributed by atoms with Crippen molar-refractivity contribution in [2.75, 3.05) is 0 Å². The Labute approximate surface area is 137 Å². The van der Waals surface area contributed by atoms with Gasteiger partial charge in [0.1, 0.15) is 10.2 Å². The van der Waals surface area contributed by atoms with Gasteiger partial charge < -0.3 is 9.88 Å². The number of carbonyl (C=O) groups is 1. The van der Waals surface area contributed by atoms with Crippen LogP contribution < -0.4 is 5.32 Å². The summed E-state index contributed by atoms with van der Waals surface area (Å²) in [4.78, 5) is 16.0. The first kappa shape index (κ1) is 15.3. The van der Waals surface area contributed by atoms with E-state index in [9.17, 15) is 9.18 Å². The molecule has 1 N–H and O–H groups in total. The molecule has 1 aromatic carbocycles. The Bertz CT molecular complexity index is 718. The second-order valence-corrected chi connectivity index (χ2v) is 7.14. The van der Waals surface area contributed by atoms with Gasteiger partial charge in [-0.1, -0.05) is 6.07 Å². The molecule has 1 atom stereocenters. The van der Waals surface area contributed by atoms with Crippen LogP contribution in [-0.2, 0) is 11.3 Å². The molecule has 1 aromatic heterocycles. The number of alkyl halides is 2. The maximum Gasteiger partial charge on any atom is 0.229 e. The first-order chi connectivity index (χ1) is 10.3. The molecular weight excluding hydrogens is 328 g/mol. The molecule has 0 aliphatic heterocycles. The van der Waals surface area contributed by atoms with Gasteiger partial charge in [0.15, 0.2) is 0 Å². The lowest BCUT2D eigenvalue weighted by Gasteiger charge is -2.13. The van der Waals surface area contributed by atoms with Gasteiger partial charge in [0.2, 0.25) is 5.91 Å². The van der Waals surface area contributed by atoms with Crippen LogP contribution in [0.5, 0.6) is 0 Å². The van der Waals surface area contributed by atoms with Crippen LogP contribution in [0.15, 0.2) is 36.9 Å². The summed E-state index contributed by atoms with van der Waals surface area (Å²) < 4.78 is 14.7. The standard InChI is InChI=1S/C15H14Cl2FN3O/c1-14(8-15(14,16)17)13(22)20-7-10-2-3-12(11(18)6-10)21-5-4-19-9-21/h2-6,9H,7-8H2,1H3,(H,20,22). The van der Waals surface area contributed by atoms with Crippen molar-refractivity contribution < 1.29 is 9.18 Å². The molecule has 7 heteroatoms. The second-order valence-electron chi connectivity index (χ2n) is 5.65. The Hall–Kier alpha value is -1.59. The minimum absolute atomic E-state index is 0.222. The van der Waals surface area contributed by atoms with E-state index in [4.69, 9.17) is 23.2 Å². The average molecular weight is 342 g/mol. The van der Waals surface area contributed by atoms with Crippen LogP contribution in [0.25, 0.3) is 5.69 Å². The molecule has 4 nitrogen and oxygen atoms in total. The van der Waals surface area contributed by atoms with Crippen LogP contribution in [0, 0.1) is 11.2 Å². The van der Waals surface area contributed by atoms with E-state index in [2.05, 4.69) is 10.3 Å². The fourth-order valence-corrected chi connectivity index (χ4v) is 3.00. The van der Waals surface area contributed by atoms with Crippen molar-refractivity contribution in [3.8, 4) is 5.69 Å². The van der Waals surface area contributed by atoms with Gasteiger partial charge >= 0.3 is 0 Å². The largest absolute Gasteiger partial charge is 0.351 e. The molecule has 2 aromatic rings. The van der Waals surface area contributed by atoms with Gasteiger partial charge in [-0.15, -0.1) is 23.2 Å². The number of nitrogens with one attached hydrogen (secondary N) is 1. The van der Waals surface area contributed by atoms with Crippen LogP contribution >= 0.6 is 23.2 Å². The smallest absolute Gasteiger partial charge is 0.229 e. The van der Waals surface area contributed by atoms with E-state index in [0.717, 1.165) is 0 Å². The van der Waals surface area contributed by atoms with Crippen molar-refractivity contribution in [3.05, 3.63) is 48.3 Å². The Morgan fingerprint density at radius 3 is 2.77 bits per heavy atom. The Balaban J connectivity index is 1.67. The van der Waals surface area contributed by atoms with Crippen molar-refractivity contribution in [1.82, 2.24) is 14.9 Å². The van der Waals surface area contributed by atoms with Crippen LogP contribution in [-0.4, -0.2) is 19.8 Å². The lowest BCUT2D eigenvalue weighted by Crippen LogP contribution is -2.32. The zero-order valence-corrected chi connectivity index (χ0v) is 13.3. The highest BCUT2D eigenvalue weighted by Gasteiger charge is 2.67. The highest BCUT2D eigenvalue weighted by atomic mass is 35.5. The summed E-state index contributed by atoms with van der Waals surface area (Å²) in [5.41, 5.74) is 0.293. The zero-order valence-electron chi connectivity index (χ0n) is 11.8. The molecule has 1 aliphatic rings. The number of amides is 1. The van der Waals surface area contributed by atoms with E-state index in [1.807, 2.05) is 0 Å². The minimum atomic E-state index is -1.01. The van der Waals surface area contributed by atoms with Crippen molar-refractivity contribution >= 4 is 29.1 Å². The number of hydrogen-bond donors (Lipinski definition) is 1. The fraction of sp³-hybridized carbons (Fsp3) is 0.333. The Kier molecular flexibility index (Phi) is 3.65. The molecular formula is C15H14Cl2FN3O. The molecule has 1 fully saturated rings. The molecule has 0 radical (unpaired) electrons. The molecule has 0 bridgehead atoms. The molecule has 1 saturated carbocycles. The van der Waals surface area contributed by atoms with Gasteiger partial charge in [0, 0.05) is 18.9 Å². The fourth-order valence-electron chi connectivity index (χ4n) is 2.30. The average Bonchev–Trinajstić information content (AvgIpc) is 2.85. The van der Waals surface area contributed by atoms with E-state index >= 15 is 0 Å². The number of aromatic nitrogens is 2. The maximum absolute atomic E-state index is 14.1. The monoisotopic (exact) mass is 341 g/mol. The number of nitrogens with zero attached hydrogens (tertiary/aromatic N) is 2. The maximum atomic E-state index is 14.1. The molecule has 1 unspecified atom stereocenters. The van der Waals surface area contributed by atoms with Gasteiger partial charge in [0.05, 0.1) is 17.4 Å². The lowest BCUT2D eigenvalue weighted by atomic mass is 10.1. The summed E-state index contributed by atoms with van der Waals surface area (Å²) in [6.45, 7) is 1.93. The van der Waals surface area contributed by atoms with Crippen molar-refractivity contribution in [1.29, 1.82) is 0 Å². The molecule has 1 heterocycles. The number of benzene rings is 1. The molecule has 0 saturated heterocycles. The number of carbonyl (C=O) groups excluding carboxylic acids is 1. The molecule has 22 heavy (non-hydrogen) atoms. The SMILES string of the molecule is CC1(C(=O)NCc2ccc(-n3ccnc3)c(F)c2)CC1(Cl)Cl. The first-order valence-corrected chi connectivity index (χ1v) is 7.52. The normalized spacial score (nSPS) is 22.4. The predicted molar refractivity (Wildman–Crippen MR) is 82.5 cm³/mol. The van der Waals surface area contributed by atoms with Gasteiger partial charge in [-0.3, -0.25) is 4.79 Å². The number of halogens is 3. The van der Waals surface area contributed by atoms with Crippen LogP contribution in [0.2, 0.25) is 0 Å². The summed E-state index contributed by atoms with van der Waals surface area (Å²) in [5.74, 6) is -0.608. The summed E-state index contributed by atoms with van der Waals surface area (Å²) in [5, 5.41) is 2.74. The highest BCUT2D eigenvalue weighted by Crippen LogP contribution is 2.63. The van der Waals surface area contributed by atoms with E-state index < -0.39 is 9.75 Å². The minimum Gasteiger partial charge on any atom is -0.351 e. The van der Waals surface area contributed by atoms with Gasteiger partial charge in [0.25, 0.3) is 0 Å². The van der Waals surface area contributed by atoms with Crippen molar-refractivity contribution in [2.45, 2.75) is 24.2 Å². The first-order valence-electron chi connectivity index (χ1n) is 6.76. The summed E-state index contributed by atoms with van der Waals surface area (Å²) in [6, 6.07) is 4.78. The second kappa shape index (κ2) is 5.25. The number of imidazole rings is 1. The van der Waals surface area contributed by atoms with Crippen LogP contribution in [0.1, 0.15) is 18.9 Å². The van der Waals surface area contributed by atoms with Crippen LogP contribution in [0.4, 0.5) is 4.39 Å². The van der Waals surface area contributed by atoms with E-state index in [1.165, 1.54) is 12.4 Å².